The van der Waals surface area contributed by atoms with Gasteiger partial charge in [0.1, 0.15) is 5.76 Å². The predicted octanol–water partition coefficient (Wildman–Crippen LogP) is 1.33. The Morgan fingerprint density at radius 2 is 2.33 bits per heavy atom. The van der Waals surface area contributed by atoms with Crippen LogP contribution in [0.4, 0.5) is 0 Å². The fraction of sp³-hybridized carbons (Fsp3) is 0.143. The summed E-state index contributed by atoms with van der Waals surface area (Å²) in [5.41, 5.74) is 0. The summed E-state index contributed by atoms with van der Waals surface area (Å²) in [6.45, 7) is 0. The van der Waals surface area contributed by atoms with E-state index in [9.17, 15) is 0 Å². The van der Waals surface area contributed by atoms with E-state index >= 15 is 0 Å². The summed E-state index contributed by atoms with van der Waals surface area (Å²) in [4.78, 5) is 0. The van der Waals surface area contributed by atoms with Crippen LogP contribution in [0.3, 0.4) is 0 Å². The highest BCUT2D eigenvalue weighted by atomic mass is 16.5. The molecule has 46 valence electrons. The third-order valence-electron chi connectivity index (χ3n) is 1.30. The molecule has 0 N–H and O–H groups in total. The monoisotopic (exact) mass is 122 g/mol. The van der Waals surface area contributed by atoms with Gasteiger partial charge in [-0.1, -0.05) is 0 Å². The highest BCUT2D eigenvalue weighted by Gasteiger charge is 2.18. The van der Waals surface area contributed by atoms with Crippen LogP contribution in [0.5, 0.6) is 0 Å². The molecule has 0 aliphatic carbocycles. The molecule has 0 saturated heterocycles. The molecule has 0 bridgehead atoms. The second-order valence-corrected chi connectivity index (χ2v) is 1.90. The third kappa shape index (κ3) is 0.633. The predicted molar refractivity (Wildman–Crippen MR) is 32.3 cm³/mol. The van der Waals surface area contributed by atoms with Crippen LogP contribution >= 0.6 is 0 Å². The Morgan fingerprint density at radius 3 is 3.22 bits per heavy atom. The lowest BCUT2D eigenvalue weighted by Gasteiger charge is -2.11. The van der Waals surface area contributed by atoms with Crippen LogP contribution < -0.4 is 0 Å². The third-order valence-corrected chi connectivity index (χ3v) is 1.30. The topological polar surface area (TPSA) is 18.5 Å². The van der Waals surface area contributed by atoms with Gasteiger partial charge < -0.3 is 9.47 Å². The van der Waals surface area contributed by atoms with Gasteiger partial charge in [0.05, 0.1) is 12.5 Å². The van der Waals surface area contributed by atoms with E-state index < -0.39 is 0 Å². The Labute approximate surface area is 53.1 Å². The summed E-state index contributed by atoms with van der Waals surface area (Å²) in [5, 5.41) is 0. The normalized spacial score (nSPS) is 28.4. The van der Waals surface area contributed by atoms with E-state index in [4.69, 9.17) is 9.47 Å². The smallest absolute Gasteiger partial charge is 0.176 e. The van der Waals surface area contributed by atoms with E-state index in [-0.39, 0.29) is 6.10 Å². The molecule has 9 heavy (non-hydrogen) atoms. The first kappa shape index (κ1) is 4.68. The first-order valence-corrected chi connectivity index (χ1v) is 2.82. The zero-order valence-electron chi connectivity index (χ0n) is 4.78. The maximum atomic E-state index is 5.14. The zero-order valence-corrected chi connectivity index (χ0v) is 4.78. The number of fused-ring (bicyclic) bond motifs is 1. The molecule has 2 nitrogen and oxygen atoms in total. The van der Waals surface area contributed by atoms with E-state index in [1.165, 1.54) is 0 Å². The van der Waals surface area contributed by atoms with E-state index in [2.05, 4.69) is 0 Å². The Kier molecular flexibility index (Phi) is 0.859. The molecular formula is C7H6O2. The van der Waals surface area contributed by atoms with Crippen LogP contribution in [-0.4, -0.2) is 6.10 Å². The molecule has 1 atom stereocenters. The van der Waals surface area contributed by atoms with Crippen molar-refractivity contribution in [2.24, 2.45) is 0 Å². The van der Waals surface area contributed by atoms with Crippen molar-refractivity contribution in [1.29, 1.82) is 0 Å². The number of hydrogen-bond donors (Lipinski definition) is 0. The lowest BCUT2D eigenvalue weighted by atomic mass is 10.2. The van der Waals surface area contributed by atoms with Gasteiger partial charge in [-0.25, -0.2) is 0 Å². The minimum absolute atomic E-state index is 0.0370. The van der Waals surface area contributed by atoms with Crippen LogP contribution in [0.25, 0.3) is 0 Å². The average molecular weight is 122 g/mol. The Bertz CT molecular complexity index is 201. The zero-order chi connectivity index (χ0) is 6.10. The highest BCUT2D eigenvalue weighted by molar-refractivity contribution is 5.23. The summed E-state index contributed by atoms with van der Waals surface area (Å²) in [6.07, 6.45) is 8.92. The van der Waals surface area contributed by atoms with Crippen LogP contribution in [0.2, 0.25) is 0 Å². The fourth-order valence-electron chi connectivity index (χ4n) is 0.862. The van der Waals surface area contributed by atoms with Crippen molar-refractivity contribution in [3.63, 3.8) is 0 Å². The van der Waals surface area contributed by atoms with Crippen molar-refractivity contribution < 1.29 is 9.47 Å². The second-order valence-electron chi connectivity index (χ2n) is 1.90. The SMILES string of the molecule is C1=COC2C=COC2=C1. The number of ether oxygens (including phenoxy) is 2. The average Bonchev–Trinajstić information content (AvgIpc) is 2.33. The molecule has 0 aromatic carbocycles. The van der Waals surface area contributed by atoms with Crippen molar-refractivity contribution >= 4 is 0 Å². The first-order valence-electron chi connectivity index (χ1n) is 2.82. The highest BCUT2D eigenvalue weighted by Crippen LogP contribution is 2.20. The molecule has 0 aromatic heterocycles. The molecule has 0 spiro atoms. The van der Waals surface area contributed by atoms with E-state index in [1.54, 1.807) is 12.5 Å². The van der Waals surface area contributed by atoms with E-state index in [0.29, 0.717) is 0 Å². The van der Waals surface area contributed by atoms with Crippen LogP contribution in [0.1, 0.15) is 0 Å². The van der Waals surface area contributed by atoms with Gasteiger partial charge in [0, 0.05) is 0 Å². The Hall–Kier alpha value is -1.18. The van der Waals surface area contributed by atoms with Gasteiger partial charge in [-0.2, -0.15) is 0 Å². The van der Waals surface area contributed by atoms with Crippen LogP contribution in [-0.2, 0) is 9.47 Å². The summed E-state index contributed by atoms with van der Waals surface area (Å²) in [7, 11) is 0. The van der Waals surface area contributed by atoms with Crippen LogP contribution in [0.15, 0.2) is 36.5 Å². The summed E-state index contributed by atoms with van der Waals surface area (Å²) < 4.78 is 10.2. The van der Waals surface area contributed by atoms with Crippen molar-refractivity contribution in [2.75, 3.05) is 0 Å². The molecule has 2 aliphatic rings. The van der Waals surface area contributed by atoms with Crippen molar-refractivity contribution in [3.8, 4) is 0 Å². The largest absolute Gasteiger partial charge is 0.486 e. The van der Waals surface area contributed by atoms with Gasteiger partial charge in [-0.3, -0.25) is 0 Å². The molecular weight excluding hydrogens is 116 g/mol. The number of hydrogen-bond acceptors (Lipinski definition) is 2. The van der Waals surface area contributed by atoms with E-state index in [1.807, 2.05) is 18.2 Å². The number of allylic oxidation sites excluding steroid dienone is 2. The van der Waals surface area contributed by atoms with Crippen molar-refractivity contribution in [1.82, 2.24) is 0 Å². The van der Waals surface area contributed by atoms with E-state index in [0.717, 1.165) is 5.76 Å². The standard InChI is InChI=1S/C7H6O2/c1-2-6-7(8-4-1)3-5-9-6/h1-5,7H. The minimum atomic E-state index is 0.0370. The molecule has 0 radical (unpaired) electrons. The molecule has 0 fully saturated rings. The quantitative estimate of drug-likeness (QED) is 0.482. The summed E-state index contributed by atoms with van der Waals surface area (Å²) in [5.74, 6) is 0.873. The molecule has 0 aromatic rings. The van der Waals surface area contributed by atoms with Gasteiger partial charge >= 0.3 is 0 Å². The summed E-state index contributed by atoms with van der Waals surface area (Å²) >= 11 is 0. The Balaban J connectivity index is 2.29. The van der Waals surface area contributed by atoms with Gasteiger partial charge in [0.2, 0.25) is 0 Å². The fourth-order valence-corrected chi connectivity index (χ4v) is 0.862. The first-order chi connectivity index (χ1) is 4.47. The van der Waals surface area contributed by atoms with Gasteiger partial charge in [-0.05, 0) is 18.2 Å². The molecule has 0 saturated carbocycles. The molecule has 0 amide bonds. The Morgan fingerprint density at radius 1 is 1.33 bits per heavy atom. The molecule has 2 heterocycles. The van der Waals surface area contributed by atoms with Gasteiger partial charge in [0.15, 0.2) is 6.10 Å². The molecule has 2 rings (SSSR count). The maximum Gasteiger partial charge on any atom is 0.176 e. The lowest BCUT2D eigenvalue weighted by Crippen LogP contribution is -2.08. The van der Waals surface area contributed by atoms with Crippen LogP contribution in [0, 0.1) is 0 Å². The molecule has 1 unspecified atom stereocenters. The summed E-state index contributed by atoms with van der Waals surface area (Å²) in [6, 6.07) is 0. The van der Waals surface area contributed by atoms with Crippen molar-refractivity contribution in [3.05, 3.63) is 36.5 Å². The second kappa shape index (κ2) is 1.65. The van der Waals surface area contributed by atoms with Gasteiger partial charge in [0.25, 0.3) is 0 Å². The maximum absolute atomic E-state index is 5.14. The molecule has 2 heteroatoms. The van der Waals surface area contributed by atoms with Crippen molar-refractivity contribution in [2.45, 2.75) is 6.10 Å². The molecule has 2 aliphatic heterocycles. The minimum Gasteiger partial charge on any atom is -0.486 e. The lowest BCUT2D eigenvalue weighted by molar-refractivity contribution is 0.175. The van der Waals surface area contributed by atoms with Gasteiger partial charge in [-0.15, -0.1) is 0 Å². The number of rotatable bonds is 0.